The van der Waals surface area contributed by atoms with Crippen LogP contribution in [0.2, 0.25) is 5.02 Å². The van der Waals surface area contributed by atoms with Gasteiger partial charge in [-0.05, 0) is 50.5 Å². The second-order valence-electron chi connectivity index (χ2n) is 9.54. The minimum atomic E-state index is -0.835. The van der Waals surface area contributed by atoms with Crippen LogP contribution in [0, 0.1) is 6.92 Å². The number of carbonyl (C=O) groups excluding carboxylic acids is 1. The van der Waals surface area contributed by atoms with Gasteiger partial charge in [0.1, 0.15) is 22.4 Å². The Morgan fingerprint density at radius 2 is 1.95 bits per heavy atom. The summed E-state index contributed by atoms with van der Waals surface area (Å²) < 4.78 is 13.2. The van der Waals surface area contributed by atoms with Gasteiger partial charge >= 0.3 is 0 Å². The van der Waals surface area contributed by atoms with E-state index in [4.69, 9.17) is 20.9 Å². The van der Waals surface area contributed by atoms with E-state index in [1.54, 1.807) is 42.1 Å². The van der Waals surface area contributed by atoms with E-state index >= 15 is 0 Å². The largest absolute Gasteiger partial charge is 0.474 e. The molecule has 38 heavy (non-hydrogen) atoms. The van der Waals surface area contributed by atoms with Gasteiger partial charge in [0, 0.05) is 29.2 Å². The van der Waals surface area contributed by atoms with E-state index < -0.39 is 6.10 Å². The number of halogens is 1. The van der Waals surface area contributed by atoms with Gasteiger partial charge < -0.3 is 19.1 Å². The molecule has 0 saturated heterocycles. The molecule has 6 rings (SSSR count). The zero-order chi connectivity index (χ0) is 26.2. The molecule has 192 valence electrons. The fraction of sp³-hybridized carbons (Fsp3) is 0.241. The number of nitrogens with zero attached hydrogens (tertiary/aromatic N) is 3. The average molecular weight is 529 g/mol. The summed E-state index contributed by atoms with van der Waals surface area (Å²) in [6.07, 6.45) is 4.44. The summed E-state index contributed by atoms with van der Waals surface area (Å²) in [4.78, 5) is 31.2. The minimum absolute atomic E-state index is 0.123. The lowest BCUT2D eigenvalue weighted by atomic mass is 10.1. The molecule has 1 saturated carbocycles. The molecule has 1 aliphatic rings. The molecule has 0 radical (unpaired) electrons. The number of pyridine rings is 2. The van der Waals surface area contributed by atoms with Crippen molar-refractivity contribution >= 4 is 39.3 Å². The summed E-state index contributed by atoms with van der Waals surface area (Å²) in [6.45, 7) is 1.73. The summed E-state index contributed by atoms with van der Waals surface area (Å²) in [5, 5.41) is 8.93. The lowest BCUT2D eigenvalue weighted by Crippen LogP contribution is -2.39. The van der Waals surface area contributed by atoms with Gasteiger partial charge in [-0.25, -0.2) is 0 Å². The lowest BCUT2D eigenvalue weighted by Gasteiger charge is -2.22. The number of fused-ring (bicyclic) bond motifs is 3. The number of aromatic nitrogens is 3. The predicted octanol–water partition coefficient (Wildman–Crippen LogP) is 5.53. The molecule has 1 fully saturated rings. The third kappa shape index (κ3) is 4.31. The SMILES string of the molecule is Cc1onc2c1c(=O)n(C1CCC(NC(=O)C(Oc3cccnc3)c3ccccc3)C1)c1cccc(Cl)c21. The van der Waals surface area contributed by atoms with Crippen LogP contribution in [0.3, 0.4) is 0 Å². The monoisotopic (exact) mass is 528 g/mol. The highest BCUT2D eigenvalue weighted by molar-refractivity contribution is 6.37. The third-order valence-corrected chi connectivity index (χ3v) is 7.44. The van der Waals surface area contributed by atoms with Crippen molar-refractivity contribution < 1.29 is 14.1 Å². The number of nitrogens with one attached hydrogen (secondary N) is 1. The van der Waals surface area contributed by atoms with E-state index in [1.807, 2.05) is 42.5 Å². The Kier molecular flexibility index (Phi) is 6.33. The number of hydrogen-bond acceptors (Lipinski definition) is 6. The van der Waals surface area contributed by atoms with E-state index in [0.29, 0.717) is 44.8 Å². The topological polar surface area (TPSA) is 99.2 Å². The van der Waals surface area contributed by atoms with Gasteiger partial charge in [0.25, 0.3) is 11.5 Å². The first kappa shape index (κ1) is 24.2. The molecule has 0 bridgehead atoms. The van der Waals surface area contributed by atoms with Crippen LogP contribution in [0.1, 0.15) is 42.7 Å². The molecule has 8 nitrogen and oxygen atoms in total. The molecule has 2 aromatic carbocycles. The van der Waals surface area contributed by atoms with Gasteiger partial charge in [-0.15, -0.1) is 0 Å². The summed E-state index contributed by atoms with van der Waals surface area (Å²) in [7, 11) is 0. The number of amides is 1. The van der Waals surface area contributed by atoms with Crippen LogP contribution in [0.15, 0.2) is 82.4 Å². The maximum Gasteiger partial charge on any atom is 0.266 e. The maximum absolute atomic E-state index is 13.7. The minimum Gasteiger partial charge on any atom is -0.474 e. The number of ether oxygens (including phenoxy) is 1. The number of rotatable bonds is 6. The molecule has 0 aliphatic heterocycles. The molecular weight excluding hydrogens is 504 g/mol. The number of benzene rings is 2. The van der Waals surface area contributed by atoms with Crippen LogP contribution in [0.25, 0.3) is 21.8 Å². The Morgan fingerprint density at radius 3 is 2.74 bits per heavy atom. The molecule has 1 amide bonds. The quantitative estimate of drug-likeness (QED) is 0.311. The van der Waals surface area contributed by atoms with Crippen LogP contribution in [0.5, 0.6) is 5.75 Å². The summed E-state index contributed by atoms with van der Waals surface area (Å²) in [5.74, 6) is 0.728. The molecule has 3 aromatic heterocycles. The first-order chi connectivity index (χ1) is 18.5. The highest BCUT2D eigenvalue weighted by Gasteiger charge is 2.33. The molecule has 0 spiro atoms. The van der Waals surface area contributed by atoms with E-state index in [-0.39, 0.29) is 23.6 Å². The molecular formula is C29H25ClN4O4. The summed E-state index contributed by atoms with van der Waals surface area (Å²) >= 11 is 6.56. The molecule has 3 heterocycles. The van der Waals surface area contributed by atoms with Crippen molar-refractivity contribution in [1.82, 2.24) is 20.0 Å². The predicted molar refractivity (Wildman–Crippen MR) is 144 cm³/mol. The van der Waals surface area contributed by atoms with Crippen molar-refractivity contribution in [3.05, 3.63) is 99.8 Å². The zero-order valence-electron chi connectivity index (χ0n) is 20.6. The maximum atomic E-state index is 13.7. The Morgan fingerprint density at radius 1 is 1.11 bits per heavy atom. The molecule has 9 heteroatoms. The van der Waals surface area contributed by atoms with Crippen molar-refractivity contribution in [2.24, 2.45) is 0 Å². The van der Waals surface area contributed by atoms with Gasteiger partial charge in [-0.3, -0.25) is 14.6 Å². The smallest absolute Gasteiger partial charge is 0.266 e. The zero-order valence-corrected chi connectivity index (χ0v) is 21.4. The van der Waals surface area contributed by atoms with Gasteiger partial charge in [0.2, 0.25) is 6.10 Å². The summed E-state index contributed by atoms with van der Waals surface area (Å²) in [5.41, 5.74) is 1.77. The fourth-order valence-corrected chi connectivity index (χ4v) is 5.65. The Hall–Kier alpha value is -4.17. The first-order valence-corrected chi connectivity index (χ1v) is 12.9. The van der Waals surface area contributed by atoms with Crippen molar-refractivity contribution in [2.45, 2.75) is 44.4 Å². The van der Waals surface area contributed by atoms with Crippen LogP contribution >= 0.6 is 11.6 Å². The average Bonchev–Trinajstić information content (AvgIpc) is 3.55. The van der Waals surface area contributed by atoms with Crippen LogP contribution in [-0.4, -0.2) is 26.7 Å². The van der Waals surface area contributed by atoms with Crippen LogP contribution < -0.4 is 15.6 Å². The first-order valence-electron chi connectivity index (χ1n) is 12.5. The fourth-order valence-electron chi connectivity index (χ4n) is 5.39. The lowest BCUT2D eigenvalue weighted by molar-refractivity contribution is -0.129. The van der Waals surface area contributed by atoms with Crippen LogP contribution in [-0.2, 0) is 4.79 Å². The standard InChI is InChI=1S/C29H25ClN4O4/c1-17-24-26(33-38-17)25-22(30)10-5-11-23(25)34(29(24)36)20-13-12-19(15-20)32-28(35)27(18-7-3-2-4-8-18)37-21-9-6-14-31-16-21/h2-11,14,16,19-20,27H,12-13,15H2,1H3,(H,32,35). The van der Waals surface area contributed by atoms with E-state index in [1.165, 1.54) is 0 Å². The van der Waals surface area contributed by atoms with Gasteiger partial charge in [-0.2, -0.15) is 0 Å². The van der Waals surface area contributed by atoms with E-state index in [9.17, 15) is 9.59 Å². The molecule has 3 unspecified atom stereocenters. The van der Waals surface area contributed by atoms with Crippen LogP contribution in [0.4, 0.5) is 0 Å². The van der Waals surface area contributed by atoms with Gasteiger partial charge in [0.15, 0.2) is 0 Å². The number of carbonyl (C=O) groups is 1. The van der Waals surface area contributed by atoms with E-state index in [2.05, 4.69) is 15.5 Å². The molecule has 1 N–H and O–H groups in total. The molecule has 5 aromatic rings. The second-order valence-corrected chi connectivity index (χ2v) is 9.95. The van der Waals surface area contributed by atoms with E-state index in [0.717, 1.165) is 18.4 Å². The number of hydrogen-bond donors (Lipinski definition) is 1. The highest BCUT2D eigenvalue weighted by atomic mass is 35.5. The van der Waals surface area contributed by atoms with Crippen molar-refractivity contribution in [2.75, 3.05) is 0 Å². The Balaban J connectivity index is 1.29. The number of aryl methyl sites for hydroxylation is 1. The molecule has 1 aliphatic carbocycles. The Labute approximate surface area is 223 Å². The van der Waals surface area contributed by atoms with Gasteiger partial charge in [0.05, 0.1) is 16.7 Å². The van der Waals surface area contributed by atoms with Gasteiger partial charge in [-0.1, -0.05) is 53.2 Å². The Bertz CT molecular complexity index is 1680. The van der Waals surface area contributed by atoms with Crippen molar-refractivity contribution in [3.8, 4) is 5.75 Å². The normalized spacial score (nSPS) is 18.1. The second kappa shape index (κ2) is 9.95. The molecule has 3 atom stereocenters. The highest BCUT2D eigenvalue weighted by Crippen LogP contribution is 2.36. The summed E-state index contributed by atoms with van der Waals surface area (Å²) in [6, 6.07) is 18.1. The van der Waals surface area contributed by atoms with Crippen molar-refractivity contribution in [1.29, 1.82) is 0 Å². The van der Waals surface area contributed by atoms with Crippen molar-refractivity contribution in [3.63, 3.8) is 0 Å². The third-order valence-electron chi connectivity index (χ3n) is 7.13.